The van der Waals surface area contributed by atoms with Gasteiger partial charge in [0.2, 0.25) is 0 Å². The molecule has 0 aromatic carbocycles. The summed E-state index contributed by atoms with van der Waals surface area (Å²) < 4.78 is 1.92. The molecule has 0 amide bonds. The summed E-state index contributed by atoms with van der Waals surface area (Å²) in [6, 6.07) is 0. The molecule has 4 heteroatoms. The molecule has 4 nitrogen and oxygen atoms in total. The van der Waals surface area contributed by atoms with E-state index in [9.17, 15) is 5.11 Å². The third kappa shape index (κ3) is 3.80. The lowest BCUT2D eigenvalue weighted by Crippen LogP contribution is -2.16. The summed E-state index contributed by atoms with van der Waals surface area (Å²) in [7, 11) is 0. The lowest BCUT2D eigenvalue weighted by molar-refractivity contribution is 0.151. The Morgan fingerprint density at radius 3 is 2.94 bits per heavy atom. The molecule has 1 atom stereocenters. The molecule has 1 aliphatic rings. The molecule has 2 rings (SSSR count). The van der Waals surface area contributed by atoms with Gasteiger partial charge in [0.15, 0.2) is 0 Å². The second-order valence-corrected chi connectivity index (χ2v) is 5.49. The van der Waals surface area contributed by atoms with Crippen LogP contribution in [0.15, 0.2) is 6.33 Å². The number of nitrogens with zero attached hydrogens (tertiary/aromatic N) is 3. The number of aliphatic hydroxyl groups is 1. The summed E-state index contributed by atoms with van der Waals surface area (Å²) >= 11 is 0. The van der Waals surface area contributed by atoms with E-state index in [0.717, 1.165) is 31.1 Å². The maximum atomic E-state index is 10.1. The first-order chi connectivity index (χ1) is 8.79. The monoisotopic (exact) mass is 251 g/mol. The van der Waals surface area contributed by atoms with Crippen molar-refractivity contribution >= 4 is 0 Å². The van der Waals surface area contributed by atoms with E-state index in [1.165, 1.54) is 32.1 Å². The Morgan fingerprint density at radius 1 is 1.44 bits per heavy atom. The standard InChI is InChI=1S/C14H25N3O/c1-2-9-17-14(15-11-16-17)10-13(18)8-7-12-5-3-4-6-12/h11-13,18H,2-10H2,1H3. The fourth-order valence-corrected chi connectivity index (χ4v) is 2.88. The van der Waals surface area contributed by atoms with Gasteiger partial charge in [-0.25, -0.2) is 4.98 Å². The fourth-order valence-electron chi connectivity index (χ4n) is 2.88. The van der Waals surface area contributed by atoms with Crippen LogP contribution < -0.4 is 0 Å². The Bertz CT molecular complexity index is 345. The lowest BCUT2D eigenvalue weighted by atomic mass is 9.98. The van der Waals surface area contributed by atoms with Gasteiger partial charge in [-0.15, -0.1) is 0 Å². The Morgan fingerprint density at radius 2 is 2.22 bits per heavy atom. The van der Waals surface area contributed by atoms with Crippen molar-refractivity contribution in [2.45, 2.75) is 70.9 Å². The summed E-state index contributed by atoms with van der Waals surface area (Å²) in [5, 5.41) is 14.3. The van der Waals surface area contributed by atoms with E-state index in [-0.39, 0.29) is 6.10 Å². The minimum Gasteiger partial charge on any atom is -0.393 e. The Hall–Kier alpha value is -0.900. The molecule has 18 heavy (non-hydrogen) atoms. The molecular weight excluding hydrogens is 226 g/mol. The van der Waals surface area contributed by atoms with Crippen molar-refractivity contribution < 1.29 is 5.11 Å². The van der Waals surface area contributed by atoms with E-state index in [2.05, 4.69) is 17.0 Å². The van der Waals surface area contributed by atoms with Crippen LogP contribution in [0.5, 0.6) is 0 Å². The first kappa shape index (κ1) is 13.5. The molecule has 0 bridgehead atoms. The smallest absolute Gasteiger partial charge is 0.138 e. The zero-order valence-electron chi connectivity index (χ0n) is 11.4. The van der Waals surface area contributed by atoms with Crippen LogP contribution in [0.3, 0.4) is 0 Å². The van der Waals surface area contributed by atoms with Gasteiger partial charge in [0.05, 0.1) is 6.10 Å². The van der Waals surface area contributed by atoms with Crippen LogP contribution in [-0.4, -0.2) is 26.0 Å². The highest BCUT2D eigenvalue weighted by atomic mass is 16.3. The Balaban J connectivity index is 1.75. The summed E-state index contributed by atoms with van der Waals surface area (Å²) in [5.74, 6) is 1.78. The molecule has 1 heterocycles. The van der Waals surface area contributed by atoms with Crippen LogP contribution in [-0.2, 0) is 13.0 Å². The maximum Gasteiger partial charge on any atom is 0.138 e. The molecule has 0 spiro atoms. The molecule has 102 valence electrons. The molecule has 1 aliphatic carbocycles. The van der Waals surface area contributed by atoms with Crippen molar-refractivity contribution in [3.8, 4) is 0 Å². The minimum atomic E-state index is -0.259. The van der Waals surface area contributed by atoms with Crippen molar-refractivity contribution in [2.24, 2.45) is 5.92 Å². The van der Waals surface area contributed by atoms with Crippen molar-refractivity contribution in [3.05, 3.63) is 12.2 Å². The van der Waals surface area contributed by atoms with Crippen molar-refractivity contribution in [2.75, 3.05) is 0 Å². The van der Waals surface area contributed by atoms with Gasteiger partial charge < -0.3 is 5.11 Å². The summed E-state index contributed by atoms with van der Waals surface area (Å²) in [4.78, 5) is 4.25. The average Bonchev–Trinajstić information content (AvgIpc) is 2.99. The van der Waals surface area contributed by atoms with Gasteiger partial charge in [-0.2, -0.15) is 5.10 Å². The fraction of sp³-hybridized carbons (Fsp3) is 0.857. The number of hydrogen-bond acceptors (Lipinski definition) is 3. The van der Waals surface area contributed by atoms with Crippen molar-refractivity contribution in [1.82, 2.24) is 14.8 Å². The van der Waals surface area contributed by atoms with Crippen LogP contribution in [0.2, 0.25) is 0 Å². The maximum absolute atomic E-state index is 10.1. The lowest BCUT2D eigenvalue weighted by Gasteiger charge is -2.13. The largest absolute Gasteiger partial charge is 0.393 e. The molecule has 1 N–H and O–H groups in total. The number of aryl methyl sites for hydroxylation is 1. The summed E-state index contributed by atoms with van der Waals surface area (Å²) in [6.45, 7) is 3.02. The highest BCUT2D eigenvalue weighted by Crippen LogP contribution is 2.29. The van der Waals surface area contributed by atoms with Crippen LogP contribution in [0, 0.1) is 5.92 Å². The summed E-state index contributed by atoms with van der Waals surface area (Å²) in [5.41, 5.74) is 0. The molecule has 1 saturated carbocycles. The van der Waals surface area contributed by atoms with Gasteiger partial charge in [-0.05, 0) is 25.2 Å². The van der Waals surface area contributed by atoms with Gasteiger partial charge in [0, 0.05) is 13.0 Å². The molecule has 0 radical (unpaired) electrons. The molecule has 1 fully saturated rings. The Kier molecular flexibility index (Phi) is 5.17. The number of aliphatic hydroxyl groups excluding tert-OH is 1. The predicted octanol–water partition coefficient (Wildman–Crippen LogP) is 2.56. The Labute approximate surface area is 109 Å². The van der Waals surface area contributed by atoms with Gasteiger partial charge in [-0.3, -0.25) is 4.68 Å². The highest BCUT2D eigenvalue weighted by Gasteiger charge is 2.17. The second kappa shape index (κ2) is 6.88. The van der Waals surface area contributed by atoms with Gasteiger partial charge in [0.1, 0.15) is 12.2 Å². The first-order valence-corrected chi connectivity index (χ1v) is 7.34. The second-order valence-electron chi connectivity index (χ2n) is 5.49. The van der Waals surface area contributed by atoms with Crippen LogP contribution in [0.25, 0.3) is 0 Å². The number of aromatic nitrogens is 3. The molecular formula is C14H25N3O. The molecule has 1 aromatic heterocycles. The zero-order chi connectivity index (χ0) is 12.8. The molecule has 0 saturated heterocycles. The van der Waals surface area contributed by atoms with E-state index in [1.54, 1.807) is 6.33 Å². The van der Waals surface area contributed by atoms with Gasteiger partial charge in [-0.1, -0.05) is 32.6 Å². The molecule has 1 unspecified atom stereocenters. The van der Waals surface area contributed by atoms with E-state index >= 15 is 0 Å². The third-order valence-corrected chi connectivity index (χ3v) is 3.93. The highest BCUT2D eigenvalue weighted by molar-refractivity contribution is 4.87. The van der Waals surface area contributed by atoms with Crippen LogP contribution >= 0.6 is 0 Å². The minimum absolute atomic E-state index is 0.259. The molecule has 1 aromatic rings. The third-order valence-electron chi connectivity index (χ3n) is 3.93. The van der Waals surface area contributed by atoms with E-state index in [1.807, 2.05) is 4.68 Å². The number of rotatable bonds is 7. The van der Waals surface area contributed by atoms with Crippen LogP contribution in [0.4, 0.5) is 0 Å². The van der Waals surface area contributed by atoms with E-state index < -0.39 is 0 Å². The van der Waals surface area contributed by atoms with Crippen molar-refractivity contribution in [3.63, 3.8) is 0 Å². The topological polar surface area (TPSA) is 50.9 Å². The zero-order valence-corrected chi connectivity index (χ0v) is 11.4. The summed E-state index contributed by atoms with van der Waals surface area (Å²) in [6.07, 6.45) is 10.6. The number of hydrogen-bond donors (Lipinski definition) is 1. The normalized spacial score (nSPS) is 18.3. The van der Waals surface area contributed by atoms with Crippen molar-refractivity contribution in [1.29, 1.82) is 0 Å². The first-order valence-electron chi connectivity index (χ1n) is 7.34. The average molecular weight is 251 g/mol. The predicted molar refractivity (Wildman–Crippen MR) is 71.2 cm³/mol. The van der Waals surface area contributed by atoms with Crippen LogP contribution in [0.1, 0.15) is 57.7 Å². The van der Waals surface area contributed by atoms with E-state index in [0.29, 0.717) is 6.42 Å². The van der Waals surface area contributed by atoms with Gasteiger partial charge >= 0.3 is 0 Å². The quantitative estimate of drug-likeness (QED) is 0.810. The van der Waals surface area contributed by atoms with Gasteiger partial charge in [0.25, 0.3) is 0 Å². The van der Waals surface area contributed by atoms with E-state index in [4.69, 9.17) is 0 Å². The SMILES string of the molecule is CCCn1ncnc1CC(O)CCC1CCCC1. The molecule has 0 aliphatic heterocycles.